The number of carbonyl (C=O) groups excluding carboxylic acids is 2. The number of fused-ring (bicyclic) bond motifs is 1. The van der Waals surface area contributed by atoms with Crippen molar-refractivity contribution in [1.29, 1.82) is 0 Å². The van der Waals surface area contributed by atoms with Gasteiger partial charge in [-0.15, -0.1) is 0 Å². The first-order valence-electron chi connectivity index (χ1n) is 5.68. The summed E-state index contributed by atoms with van der Waals surface area (Å²) in [6, 6.07) is 5.18. The van der Waals surface area contributed by atoms with Gasteiger partial charge in [0.1, 0.15) is 6.10 Å². The maximum Gasteiger partial charge on any atom is 0.405 e. The van der Waals surface area contributed by atoms with E-state index >= 15 is 0 Å². The van der Waals surface area contributed by atoms with E-state index in [9.17, 15) is 9.59 Å². The predicted molar refractivity (Wildman–Crippen MR) is 67.6 cm³/mol. The molecule has 6 nitrogen and oxygen atoms in total. The zero-order chi connectivity index (χ0) is 14.0. The van der Waals surface area contributed by atoms with Crippen LogP contribution in [0.3, 0.4) is 0 Å². The highest BCUT2D eigenvalue weighted by atomic mass is 35.5. The molecule has 0 unspecified atom stereocenters. The number of halogens is 1. The van der Waals surface area contributed by atoms with E-state index < -0.39 is 24.4 Å². The molecule has 2 rings (SSSR count). The van der Waals surface area contributed by atoms with Crippen LogP contribution in [0.15, 0.2) is 18.2 Å². The summed E-state index contributed by atoms with van der Waals surface area (Å²) in [6.07, 6.45) is -2.13. The van der Waals surface area contributed by atoms with Gasteiger partial charge in [0, 0.05) is 5.02 Å². The Bertz CT molecular complexity index is 520. The molecular weight excluding hydrogens is 272 g/mol. The molecule has 0 aliphatic heterocycles. The second kappa shape index (κ2) is 5.36. The minimum atomic E-state index is -0.939. The molecule has 0 saturated carbocycles. The molecular formula is C12H13ClN2O4. The van der Waals surface area contributed by atoms with E-state index in [-0.39, 0.29) is 0 Å². The van der Waals surface area contributed by atoms with Crippen LogP contribution in [0.4, 0.5) is 9.59 Å². The lowest BCUT2D eigenvalue weighted by atomic mass is 9.87. The van der Waals surface area contributed by atoms with Crippen LogP contribution in [0.1, 0.15) is 23.7 Å². The van der Waals surface area contributed by atoms with E-state index in [2.05, 4.69) is 0 Å². The molecule has 2 atom stereocenters. The second-order valence-corrected chi connectivity index (χ2v) is 4.65. The number of hydrogen-bond donors (Lipinski definition) is 2. The van der Waals surface area contributed by atoms with Crippen molar-refractivity contribution in [2.24, 2.45) is 11.5 Å². The highest BCUT2D eigenvalue weighted by Gasteiger charge is 2.34. The summed E-state index contributed by atoms with van der Waals surface area (Å²) in [5.74, 6) is 0. The van der Waals surface area contributed by atoms with Crippen LogP contribution >= 0.6 is 11.6 Å². The van der Waals surface area contributed by atoms with Crippen molar-refractivity contribution in [2.45, 2.75) is 25.0 Å². The first-order chi connectivity index (χ1) is 8.97. The third-order valence-corrected chi connectivity index (χ3v) is 3.19. The Morgan fingerprint density at radius 1 is 1.21 bits per heavy atom. The van der Waals surface area contributed by atoms with E-state index in [0.29, 0.717) is 17.9 Å². The molecule has 4 N–H and O–H groups in total. The third-order valence-electron chi connectivity index (χ3n) is 2.96. The average molecular weight is 285 g/mol. The molecule has 19 heavy (non-hydrogen) atoms. The number of ether oxygens (including phenoxy) is 2. The van der Waals surface area contributed by atoms with Crippen molar-refractivity contribution in [2.75, 3.05) is 0 Å². The summed E-state index contributed by atoms with van der Waals surface area (Å²) in [5.41, 5.74) is 11.7. The average Bonchev–Trinajstić information content (AvgIpc) is 2.31. The van der Waals surface area contributed by atoms with Crippen LogP contribution < -0.4 is 11.5 Å². The minimum absolute atomic E-state index is 0.480. The van der Waals surface area contributed by atoms with Gasteiger partial charge in [-0.1, -0.05) is 17.7 Å². The van der Waals surface area contributed by atoms with Crippen LogP contribution in [0.2, 0.25) is 5.02 Å². The number of primary amides is 2. The number of benzene rings is 1. The Morgan fingerprint density at radius 3 is 2.53 bits per heavy atom. The van der Waals surface area contributed by atoms with Gasteiger partial charge in [-0.2, -0.15) is 0 Å². The molecule has 0 radical (unpaired) electrons. The predicted octanol–water partition coefficient (Wildman–Crippen LogP) is 1.89. The molecule has 0 spiro atoms. The quantitative estimate of drug-likeness (QED) is 0.865. The van der Waals surface area contributed by atoms with Crippen LogP contribution in [0, 0.1) is 0 Å². The summed E-state index contributed by atoms with van der Waals surface area (Å²) in [6.45, 7) is 0. The zero-order valence-corrected chi connectivity index (χ0v) is 10.7. The van der Waals surface area contributed by atoms with Gasteiger partial charge in [0.05, 0.1) is 0 Å². The molecule has 0 bridgehead atoms. The number of carbonyl (C=O) groups is 2. The van der Waals surface area contributed by atoms with Crippen LogP contribution in [-0.2, 0) is 15.9 Å². The molecule has 1 aliphatic carbocycles. The summed E-state index contributed by atoms with van der Waals surface area (Å²) in [5, 5.41) is 0.589. The Hall–Kier alpha value is -1.95. The lowest BCUT2D eigenvalue weighted by Gasteiger charge is -2.31. The zero-order valence-electron chi connectivity index (χ0n) is 9.97. The largest absolute Gasteiger partial charge is 0.442 e. The molecule has 1 aromatic carbocycles. The Labute approximate surface area is 114 Å². The highest BCUT2D eigenvalue weighted by molar-refractivity contribution is 6.30. The number of rotatable bonds is 2. The SMILES string of the molecule is NC(=O)O[C@H]1CCc2cc(Cl)ccc2[C@H]1OC(N)=O. The molecule has 7 heteroatoms. The Kier molecular flexibility index (Phi) is 3.80. The Morgan fingerprint density at radius 2 is 1.89 bits per heavy atom. The van der Waals surface area contributed by atoms with Crippen LogP contribution in [-0.4, -0.2) is 18.3 Å². The molecule has 0 heterocycles. The van der Waals surface area contributed by atoms with Gasteiger partial charge in [-0.25, -0.2) is 9.59 Å². The van der Waals surface area contributed by atoms with Gasteiger partial charge in [0.2, 0.25) is 0 Å². The summed E-state index contributed by atoms with van der Waals surface area (Å²) in [7, 11) is 0. The maximum atomic E-state index is 11.0. The summed E-state index contributed by atoms with van der Waals surface area (Å²) in [4.78, 5) is 21.8. The number of aryl methyl sites for hydroxylation is 1. The maximum absolute atomic E-state index is 11.0. The molecule has 0 fully saturated rings. The Balaban J connectivity index is 2.33. The fraction of sp³-hybridized carbons (Fsp3) is 0.333. The van der Waals surface area contributed by atoms with Gasteiger partial charge in [0.25, 0.3) is 0 Å². The second-order valence-electron chi connectivity index (χ2n) is 4.21. The van der Waals surface area contributed by atoms with Gasteiger partial charge >= 0.3 is 12.2 Å². The summed E-state index contributed by atoms with van der Waals surface area (Å²) < 4.78 is 10.00. The van der Waals surface area contributed by atoms with Crippen molar-refractivity contribution in [3.8, 4) is 0 Å². The molecule has 1 aliphatic rings. The summed E-state index contributed by atoms with van der Waals surface area (Å²) >= 11 is 5.91. The van der Waals surface area contributed by atoms with Gasteiger partial charge in [0.15, 0.2) is 6.10 Å². The number of nitrogens with two attached hydrogens (primary N) is 2. The van der Waals surface area contributed by atoms with Crippen molar-refractivity contribution in [1.82, 2.24) is 0 Å². The monoisotopic (exact) mass is 284 g/mol. The first kappa shape index (κ1) is 13.5. The number of amides is 2. The fourth-order valence-electron chi connectivity index (χ4n) is 2.25. The van der Waals surface area contributed by atoms with E-state index in [4.69, 9.17) is 32.5 Å². The van der Waals surface area contributed by atoms with E-state index in [0.717, 1.165) is 11.1 Å². The third kappa shape index (κ3) is 3.08. The lowest BCUT2D eigenvalue weighted by molar-refractivity contribution is -0.0142. The first-order valence-corrected chi connectivity index (χ1v) is 6.05. The minimum Gasteiger partial charge on any atom is -0.442 e. The van der Waals surface area contributed by atoms with E-state index in [1.807, 2.05) is 0 Å². The van der Waals surface area contributed by atoms with Crippen molar-refractivity contribution < 1.29 is 19.1 Å². The smallest absolute Gasteiger partial charge is 0.405 e. The van der Waals surface area contributed by atoms with Gasteiger partial charge < -0.3 is 20.9 Å². The molecule has 102 valence electrons. The highest BCUT2D eigenvalue weighted by Crippen LogP contribution is 2.35. The fourth-order valence-corrected chi connectivity index (χ4v) is 2.45. The molecule has 2 amide bonds. The van der Waals surface area contributed by atoms with Crippen molar-refractivity contribution in [3.05, 3.63) is 34.3 Å². The van der Waals surface area contributed by atoms with Crippen LogP contribution in [0.5, 0.6) is 0 Å². The lowest BCUT2D eigenvalue weighted by Crippen LogP contribution is -2.35. The van der Waals surface area contributed by atoms with Crippen molar-refractivity contribution in [3.63, 3.8) is 0 Å². The van der Waals surface area contributed by atoms with Gasteiger partial charge in [-0.3, -0.25) is 0 Å². The normalized spacial score (nSPS) is 21.3. The molecule has 0 aromatic heterocycles. The standard InChI is InChI=1S/C12H13ClN2O4/c13-7-2-3-8-6(5-7)1-4-9(18-11(14)16)10(8)19-12(15)17/h2-3,5,9-10H,1,4H2,(H2,14,16)(H2,15,17)/t9-,10+/m0/s1. The van der Waals surface area contributed by atoms with E-state index in [1.165, 1.54) is 0 Å². The van der Waals surface area contributed by atoms with Crippen molar-refractivity contribution >= 4 is 23.8 Å². The van der Waals surface area contributed by atoms with Gasteiger partial charge in [-0.05, 0) is 36.1 Å². The van der Waals surface area contributed by atoms with E-state index in [1.54, 1.807) is 18.2 Å². The number of hydrogen-bond acceptors (Lipinski definition) is 4. The molecule has 1 aromatic rings. The molecule has 0 saturated heterocycles. The topological polar surface area (TPSA) is 105 Å². The van der Waals surface area contributed by atoms with Crippen LogP contribution in [0.25, 0.3) is 0 Å².